The molecule has 0 heterocycles. The Morgan fingerprint density at radius 1 is 1.29 bits per heavy atom. The Morgan fingerprint density at radius 2 is 2.00 bits per heavy atom. The van der Waals surface area contributed by atoms with E-state index in [9.17, 15) is 13.2 Å². The quantitative estimate of drug-likeness (QED) is 0.811. The molecule has 5 heteroatoms. The smallest absolute Gasteiger partial charge is 0.389 e. The van der Waals surface area contributed by atoms with Crippen molar-refractivity contribution in [3.63, 3.8) is 0 Å². The minimum atomic E-state index is -4.12. The van der Waals surface area contributed by atoms with Crippen LogP contribution in [0.5, 0.6) is 5.75 Å². The lowest BCUT2D eigenvalue weighted by Crippen LogP contribution is -2.10. The lowest BCUT2D eigenvalue weighted by atomic mass is 10.1. The van der Waals surface area contributed by atoms with Gasteiger partial charge >= 0.3 is 6.18 Å². The molecule has 0 fully saturated rings. The zero-order valence-electron chi connectivity index (χ0n) is 9.68. The van der Waals surface area contributed by atoms with Gasteiger partial charge in [0.25, 0.3) is 0 Å². The normalized spacial score (nSPS) is 11.6. The van der Waals surface area contributed by atoms with Gasteiger partial charge in [-0.2, -0.15) is 13.2 Å². The van der Waals surface area contributed by atoms with Crippen molar-refractivity contribution in [3.05, 3.63) is 29.3 Å². The molecule has 0 aliphatic heterocycles. The van der Waals surface area contributed by atoms with Crippen molar-refractivity contribution >= 4 is 0 Å². The summed E-state index contributed by atoms with van der Waals surface area (Å²) in [6, 6.07) is 5.46. The van der Waals surface area contributed by atoms with Crippen LogP contribution in [0.15, 0.2) is 18.2 Å². The summed E-state index contributed by atoms with van der Waals surface area (Å²) in [5.41, 5.74) is 7.40. The molecule has 0 aromatic heterocycles. The van der Waals surface area contributed by atoms with Gasteiger partial charge in [-0.3, -0.25) is 0 Å². The molecule has 0 saturated carbocycles. The number of nitrogens with two attached hydrogens (primary N) is 1. The van der Waals surface area contributed by atoms with Crippen LogP contribution in [-0.4, -0.2) is 12.8 Å². The van der Waals surface area contributed by atoms with Crippen molar-refractivity contribution in [1.29, 1.82) is 0 Å². The van der Waals surface area contributed by atoms with E-state index in [-0.39, 0.29) is 13.0 Å². The van der Waals surface area contributed by atoms with Crippen molar-refractivity contribution in [2.45, 2.75) is 32.5 Å². The fourth-order valence-electron chi connectivity index (χ4n) is 1.46. The van der Waals surface area contributed by atoms with E-state index < -0.39 is 12.6 Å². The van der Waals surface area contributed by atoms with Crippen LogP contribution in [0.4, 0.5) is 13.2 Å². The number of benzene rings is 1. The highest BCUT2D eigenvalue weighted by molar-refractivity contribution is 5.36. The highest BCUT2D eigenvalue weighted by atomic mass is 19.4. The summed E-state index contributed by atoms with van der Waals surface area (Å²) in [7, 11) is 0. The van der Waals surface area contributed by atoms with Crippen molar-refractivity contribution in [1.82, 2.24) is 0 Å². The number of aryl methyl sites for hydroxylation is 1. The fourth-order valence-corrected chi connectivity index (χ4v) is 1.46. The Kier molecular flexibility index (Phi) is 4.81. The Hall–Kier alpha value is -1.23. The van der Waals surface area contributed by atoms with Gasteiger partial charge in [0, 0.05) is 18.5 Å². The minimum Gasteiger partial charge on any atom is -0.493 e. The molecule has 0 aliphatic rings. The predicted octanol–water partition coefficient (Wildman–Crippen LogP) is 3.18. The van der Waals surface area contributed by atoms with Crippen LogP contribution in [0.25, 0.3) is 0 Å². The van der Waals surface area contributed by atoms with Gasteiger partial charge in [-0.25, -0.2) is 0 Å². The standard InChI is InChI=1S/C12H16F3NO/c1-9-3-4-11(10(7-9)8-16)17-6-2-5-12(13,14)15/h3-4,7H,2,5-6,8,16H2,1H3. The van der Waals surface area contributed by atoms with Gasteiger partial charge in [-0.15, -0.1) is 0 Å². The molecule has 2 nitrogen and oxygen atoms in total. The number of hydrogen-bond acceptors (Lipinski definition) is 2. The van der Waals surface area contributed by atoms with Crippen LogP contribution in [-0.2, 0) is 6.54 Å². The molecule has 0 saturated heterocycles. The monoisotopic (exact) mass is 247 g/mol. The van der Waals surface area contributed by atoms with Crippen LogP contribution in [0.2, 0.25) is 0 Å². The first-order chi connectivity index (χ1) is 7.92. The molecule has 1 aromatic carbocycles. The summed E-state index contributed by atoms with van der Waals surface area (Å²) >= 11 is 0. The summed E-state index contributed by atoms with van der Waals surface area (Å²) in [4.78, 5) is 0. The second-order valence-corrected chi connectivity index (χ2v) is 3.88. The Morgan fingerprint density at radius 3 is 2.59 bits per heavy atom. The number of rotatable bonds is 5. The lowest BCUT2D eigenvalue weighted by Gasteiger charge is -2.11. The highest BCUT2D eigenvalue weighted by Gasteiger charge is 2.26. The van der Waals surface area contributed by atoms with Crippen LogP contribution in [0, 0.1) is 6.92 Å². The van der Waals surface area contributed by atoms with E-state index in [2.05, 4.69) is 0 Å². The minimum absolute atomic E-state index is 0.0403. The molecular formula is C12H16F3NO. The zero-order valence-corrected chi connectivity index (χ0v) is 9.68. The molecule has 0 spiro atoms. The van der Waals surface area contributed by atoms with Gasteiger partial charge in [0.1, 0.15) is 5.75 Å². The van der Waals surface area contributed by atoms with Crippen LogP contribution in [0.3, 0.4) is 0 Å². The maximum absolute atomic E-state index is 11.9. The summed E-state index contributed by atoms with van der Waals surface area (Å²) in [6.07, 6.45) is -4.98. The van der Waals surface area contributed by atoms with Gasteiger partial charge in [-0.05, 0) is 19.4 Å². The molecular weight excluding hydrogens is 231 g/mol. The molecule has 1 rings (SSSR count). The largest absolute Gasteiger partial charge is 0.493 e. The van der Waals surface area contributed by atoms with Gasteiger partial charge in [-0.1, -0.05) is 17.7 Å². The van der Waals surface area contributed by atoms with Gasteiger partial charge in [0.05, 0.1) is 6.61 Å². The number of hydrogen-bond donors (Lipinski definition) is 1. The van der Waals surface area contributed by atoms with Crippen LogP contribution < -0.4 is 10.5 Å². The van der Waals surface area contributed by atoms with E-state index in [0.29, 0.717) is 12.3 Å². The average Bonchev–Trinajstić information content (AvgIpc) is 2.24. The molecule has 0 amide bonds. The molecule has 0 atom stereocenters. The molecule has 0 radical (unpaired) electrons. The molecule has 2 N–H and O–H groups in total. The Labute approximate surface area is 98.6 Å². The molecule has 1 aromatic rings. The van der Waals surface area contributed by atoms with Crippen LogP contribution in [0.1, 0.15) is 24.0 Å². The molecule has 96 valence electrons. The molecule has 17 heavy (non-hydrogen) atoms. The van der Waals surface area contributed by atoms with E-state index in [1.807, 2.05) is 19.1 Å². The lowest BCUT2D eigenvalue weighted by molar-refractivity contribution is -0.136. The summed E-state index contributed by atoms with van der Waals surface area (Å²) in [5, 5.41) is 0. The van der Waals surface area contributed by atoms with E-state index in [1.54, 1.807) is 6.07 Å². The van der Waals surface area contributed by atoms with E-state index >= 15 is 0 Å². The number of halogens is 3. The fraction of sp³-hybridized carbons (Fsp3) is 0.500. The zero-order chi connectivity index (χ0) is 12.9. The third-order valence-electron chi connectivity index (χ3n) is 2.30. The highest BCUT2D eigenvalue weighted by Crippen LogP contribution is 2.23. The average molecular weight is 247 g/mol. The first-order valence-corrected chi connectivity index (χ1v) is 5.41. The number of ether oxygens (including phenoxy) is 1. The van der Waals surface area contributed by atoms with Crippen molar-refractivity contribution in [2.75, 3.05) is 6.61 Å². The third-order valence-corrected chi connectivity index (χ3v) is 2.30. The second-order valence-electron chi connectivity index (χ2n) is 3.88. The van der Waals surface area contributed by atoms with E-state index in [1.165, 1.54) is 0 Å². The van der Waals surface area contributed by atoms with E-state index in [4.69, 9.17) is 10.5 Å². The summed E-state index contributed by atoms with van der Waals surface area (Å²) < 4.78 is 41.0. The molecule has 0 aliphatic carbocycles. The maximum Gasteiger partial charge on any atom is 0.389 e. The summed E-state index contributed by atoms with van der Waals surface area (Å²) in [5.74, 6) is 0.570. The SMILES string of the molecule is Cc1ccc(OCCCC(F)(F)F)c(CN)c1. The number of alkyl halides is 3. The van der Waals surface area contributed by atoms with E-state index in [0.717, 1.165) is 11.1 Å². The predicted molar refractivity (Wildman–Crippen MR) is 59.9 cm³/mol. The Balaban J connectivity index is 2.46. The van der Waals surface area contributed by atoms with Gasteiger partial charge < -0.3 is 10.5 Å². The third kappa shape index (κ3) is 5.08. The molecule has 0 unspecified atom stereocenters. The van der Waals surface area contributed by atoms with Gasteiger partial charge in [0.2, 0.25) is 0 Å². The topological polar surface area (TPSA) is 35.2 Å². The second kappa shape index (κ2) is 5.91. The first kappa shape index (κ1) is 13.8. The van der Waals surface area contributed by atoms with Crippen LogP contribution >= 0.6 is 0 Å². The summed E-state index contributed by atoms with van der Waals surface area (Å²) in [6.45, 7) is 2.29. The first-order valence-electron chi connectivity index (χ1n) is 5.41. The van der Waals surface area contributed by atoms with Gasteiger partial charge in [0.15, 0.2) is 0 Å². The molecule has 0 bridgehead atoms. The van der Waals surface area contributed by atoms with Crippen molar-refractivity contribution < 1.29 is 17.9 Å². The Bertz CT molecular complexity index is 363. The van der Waals surface area contributed by atoms with Crippen molar-refractivity contribution in [2.24, 2.45) is 5.73 Å². The van der Waals surface area contributed by atoms with Crippen molar-refractivity contribution in [3.8, 4) is 5.75 Å². The maximum atomic E-state index is 11.9.